The van der Waals surface area contributed by atoms with E-state index in [1.807, 2.05) is 79.7 Å². The van der Waals surface area contributed by atoms with Gasteiger partial charge in [-0.1, -0.05) is 72.8 Å². The second kappa shape index (κ2) is 10.2. The quantitative estimate of drug-likeness (QED) is 0.442. The number of pyridine rings is 1. The second-order valence-corrected chi connectivity index (χ2v) is 8.23. The molecule has 0 radical (unpaired) electrons. The summed E-state index contributed by atoms with van der Waals surface area (Å²) in [7, 11) is 1.46. The molecule has 1 aromatic heterocycles. The van der Waals surface area contributed by atoms with Crippen LogP contribution in [0.25, 0.3) is 10.8 Å². The molecule has 0 spiro atoms. The molecule has 4 rings (SSSR count). The molecule has 0 saturated heterocycles. The van der Waals surface area contributed by atoms with Crippen LogP contribution in [0.4, 0.5) is 0 Å². The highest BCUT2D eigenvalue weighted by molar-refractivity contribution is 5.99. The van der Waals surface area contributed by atoms with E-state index in [-0.39, 0.29) is 17.2 Å². The van der Waals surface area contributed by atoms with E-state index >= 15 is 0 Å². The Balaban J connectivity index is 1.64. The topological polar surface area (TPSA) is 80.2 Å². The molecule has 172 valence electrons. The molecule has 6 nitrogen and oxygen atoms in total. The minimum absolute atomic E-state index is 0.0544. The lowest BCUT2D eigenvalue weighted by Crippen LogP contribution is -2.35. The van der Waals surface area contributed by atoms with Crippen LogP contribution in [-0.4, -0.2) is 23.4 Å². The van der Waals surface area contributed by atoms with Gasteiger partial charge in [-0.2, -0.15) is 0 Å². The Hall–Kier alpha value is -4.19. The van der Waals surface area contributed by atoms with Crippen molar-refractivity contribution in [1.29, 1.82) is 0 Å². The van der Waals surface area contributed by atoms with Gasteiger partial charge in [-0.15, -0.1) is 0 Å². The lowest BCUT2D eigenvalue weighted by Gasteiger charge is -2.17. The molecule has 1 atom stereocenters. The zero-order valence-corrected chi connectivity index (χ0v) is 19.2. The van der Waals surface area contributed by atoms with E-state index in [0.29, 0.717) is 13.0 Å². The number of aromatic nitrogens is 1. The van der Waals surface area contributed by atoms with E-state index in [2.05, 4.69) is 10.6 Å². The number of aryl methyl sites for hydroxylation is 2. The number of rotatable bonds is 7. The highest BCUT2D eigenvalue weighted by Crippen LogP contribution is 2.24. The Bertz CT molecular complexity index is 1390. The molecule has 3 aromatic carbocycles. The van der Waals surface area contributed by atoms with Crippen molar-refractivity contribution in [3.63, 3.8) is 0 Å². The summed E-state index contributed by atoms with van der Waals surface area (Å²) >= 11 is 0. The fourth-order valence-electron chi connectivity index (χ4n) is 4.10. The van der Waals surface area contributed by atoms with Crippen molar-refractivity contribution in [2.45, 2.75) is 25.9 Å². The second-order valence-electron chi connectivity index (χ2n) is 8.23. The van der Waals surface area contributed by atoms with Gasteiger partial charge in [-0.25, -0.2) is 0 Å². The molecule has 2 N–H and O–H groups in total. The zero-order chi connectivity index (χ0) is 24.1. The van der Waals surface area contributed by atoms with Gasteiger partial charge in [0.05, 0.1) is 6.04 Å². The van der Waals surface area contributed by atoms with Crippen molar-refractivity contribution >= 4 is 22.6 Å². The number of amides is 2. The highest BCUT2D eigenvalue weighted by atomic mass is 16.2. The van der Waals surface area contributed by atoms with E-state index in [9.17, 15) is 14.4 Å². The number of nitrogens with one attached hydrogen (secondary N) is 2. The van der Waals surface area contributed by atoms with Crippen LogP contribution in [0, 0.1) is 0 Å². The first kappa shape index (κ1) is 23.0. The van der Waals surface area contributed by atoms with Crippen molar-refractivity contribution in [1.82, 2.24) is 15.2 Å². The third-order valence-corrected chi connectivity index (χ3v) is 5.93. The standard InChI is InChI=1S/C28H27N3O3/c1-19(22-14-8-12-21-11-6-7-13-23(21)22)30-28(34)25-18-31(16-15-20-9-4-3-5-10-20)17-24(26(25)32)27(33)29-2/h3-14,17-19H,15-16H2,1-2H3,(H,29,33)(H,30,34)/t19-/m0/s1. The van der Waals surface area contributed by atoms with Gasteiger partial charge in [0.15, 0.2) is 0 Å². The van der Waals surface area contributed by atoms with Crippen LogP contribution in [0.1, 0.15) is 44.8 Å². The SMILES string of the molecule is CNC(=O)c1cn(CCc2ccccc2)cc(C(=O)N[C@@H](C)c2cccc3ccccc23)c1=O. The molecule has 1 heterocycles. The normalized spacial score (nSPS) is 11.7. The summed E-state index contributed by atoms with van der Waals surface area (Å²) < 4.78 is 1.73. The van der Waals surface area contributed by atoms with E-state index in [1.54, 1.807) is 4.57 Å². The van der Waals surface area contributed by atoms with Crippen LogP contribution in [0.2, 0.25) is 0 Å². The summed E-state index contributed by atoms with van der Waals surface area (Å²) in [6, 6.07) is 23.5. The maximum absolute atomic E-state index is 13.2. The van der Waals surface area contributed by atoms with Crippen molar-refractivity contribution in [2.75, 3.05) is 7.05 Å². The molecule has 0 fully saturated rings. The molecular formula is C28H27N3O3. The molecule has 0 aliphatic carbocycles. The van der Waals surface area contributed by atoms with Gasteiger partial charge in [0.25, 0.3) is 11.8 Å². The summed E-state index contributed by atoms with van der Waals surface area (Å²) in [4.78, 5) is 38.6. The Morgan fingerprint density at radius 2 is 1.50 bits per heavy atom. The van der Waals surface area contributed by atoms with E-state index in [4.69, 9.17) is 0 Å². The van der Waals surface area contributed by atoms with Gasteiger partial charge in [0.1, 0.15) is 11.1 Å². The van der Waals surface area contributed by atoms with Gasteiger partial charge < -0.3 is 15.2 Å². The molecule has 0 unspecified atom stereocenters. The lowest BCUT2D eigenvalue weighted by atomic mass is 9.99. The molecule has 4 aromatic rings. The van der Waals surface area contributed by atoms with Crippen molar-refractivity contribution in [2.24, 2.45) is 0 Å². The third kappa shape index (κ3) is 4.91. The molecule has 6 heteroatoms. The maximum atomic E-state index is 13.2. The summed E-state index contributed by atoms with van der Waals surface area (Å²) in [6.07, 6.45) is 3.74. The predicted molar refractivity (Wildman–Crippen MR) is 134 cm³/mol. The summed E-state index contributed by atoms with van der Waals surface area (Å²) in [5, 5.41) is 7.55. The minimum Gasteiger partial charge on any atom is -0.355 e. The summed E-state index contributed by atoms with van der Waals surface area (Å²) in [5.41, 5.74) is 1.39. The summed E-state index contributed by atoms with van der Waals surface area (Å²) in [5.74, 6) is -1.03. The average molecular weight is 454 g/mol. The number of hydrogen-bond donors (Lipinski definition) is 2. The Kier molecular flexibility index (Phi) is 6.87. The number of carbonyl (C=O) groups excluding carboxylic acids is 2. The first-order valence-electron chi connectivity index (χ1n) is 11.3. The third-order valence-electron chi connectivity index (χ3n) is 5.93. The molecular weight excluding hydrogens is 426 g/mol. The molecule has 34 heavy (non-hydrogen) atoms. The number of nitrogens with zero attached hydrogens (tertiary/aromatic N) is 1. The predicted octanol–water partition coefficient (Wildman–Crippen LogP) is 4.09. The average Bonchev–Trinajstić information content (AvgIpc) is 2.87. The van der Waals surface area contributed by atoms with Crippen molar-refractivity contribution in [3.05, 3.63) is 118 Å². The molecule has 0 bridgehead atoms. The molecule has 2 amide bonds. The van der Waals surface area contributed by atoms with Gasteiger partial charge in [-0.3, -0.25) is 14.4 Å². The fourth-order valence-corrected chi connectivity index (χ4v) is 4.10. The first-order valence-corrected chi connectivity index (χ1v) is 11.3. The van der Waals surface area contributed by atoms with Gasteiger partial charge in [0.2, 0.25) is 5.43 Å². The first-order chi connectivity index (χ1) is 16.5. The van der Waals surface area contributed by atoms with E-state index in [1.165, 1.54) is 19.4 Å². The van der Waals surface area contributed by atoms with Gasteiger partial charge in [0, 0.05) is 26.0 Å². The largest absolute Gasteiger partial charge is 0.355 e. The molecule has 0 aliphatic heterocycles. The van der Waals surface area contributed by atoms with Crippen LogP contribution >= 0.6 is 0 Å². The highest BCUT2D eigenvalue weighted by Gasteiger charge is 2.21. The molecule has 0 aliphatic rings. The minimum atomic E-state index is -0.585. The maximum Gasteiger partial charge on any atom is 0.257 e. The van der Waals surface area contributed by atoms with Crippen molar-refractivity contribution in [3.8, 4) is 0 Å². The monoisotopic (exact) mass is 453 g/mol. The van der Waals surface area contributed by atoms with Crippen LogP contribution < -0.4 is 16.1 Å². The Morgan fingerprint density at radius 3 is 2.24 bits per heavy atom. The Labute approximate surface area is 198 Å². The molecule has 0 saturated carbocycles. The van der Waals surface area contributed by atoms with Crippen LogP contribution in [0.15, 0.2) is 90.0 Å². The lowest BCUT2D eigenvalue weighted by molar-refractivity contribution is 0.0938. The van der Waals surface area contributed by atoms with Crippen LogP contribution in [0.5, 0.6) is 0 Å². The van der Waals surface area contributed by atoms with Crippen LogP contribution in [0.3, 0.4) is 0 Å². The van der Waals surface area contributed by atoms with E-state index in [0.717, 1.165) is 21.9 Å². The zero-order valence-electron chi connectivity index (χ0n) is 19.2. The number of benzene rings is 3. The summed E-state index contributed by atoms with van der Waals surface area (Å²) in [6.45, 7) is 2.41. The Morgan fingerprint density at radius 1 is 0.853 bits per heavy atom. The number of carbonyl (C=O) groups is 2. The van der Waals surface area contributed by atoms with E-state index < -0.39 is 17.2 Å². The van der Waals surface area contributed by atoms with Gasteiger partial charge >= 0.3 is 0 Å². The smallest absolute Gasteiger partial charge is 0.257 e. The number of hydrogen-bond acceptors (Lipinski definition) is 3. The number of fused-ring (bicyclic) bond motifs is 1. The fraction of sp³-hybridized carbons (Fsp3) is 0.179. The van der Waals surface area contributed by atoms with Crippen LogP contribution in [-0.2, 0) is 13.0 Å². The van der Waals surface area contributed by atoms with Gasteiger partial charge in [-0.05, 0) is 35.2 Å². The van der Waals surface area contributed by atoms with Crippen molar-refractivity contribution < 1.29 is 9.59 Å².